The van der Waals surface area contributed by atoms with Crippen LogP contribution in [0.3, 0.4) is 0 Å². The molecule has 492 valence electrons. The first kappa shape index (κ1) is 78.4. The topological polar surface area (TPSA) is 613 Å². The molecule has 0 rings (SSSR count). The molecule has 0 heterocycles. The van der Waals surface area contributed by atoms with E-state index in [1.54, 1.807) is 13.8 Å². The van der Waals surface area contributed by atoms with E-state index in [4.69, 9.17) is 22.3 Å². The van der Waals surface area contributed by atoms with Gasteiger partial charge < -0.3 is 106 Å². The minimum absolute atomic E-state index is 0.0930. The number of carboxylic acids is 5. The molecule has 0 saturated heterocycles. The number of hydrogen-bond acceptors (Lipinski definition) is 20. The highest BCUT2D eigenvalue weighted by atomic mass is 16.4. The van der Waals surface area contributed by atoms with Crippen LogP contribution in [0.15, 0.2) is 0 Å². The van der Waals surface area contributed by atoms with Gasteiger partial charge in [-0.1, -0.05) is 41.5 Å². The number of carbonyl (C=O) groups excluding carboxylic acids is 11. The number of carbonyl (C=O) groups is 16. The number of carboxylic acid groups (broad SMARTS) is 5. The van der Waals surface area contributed by atoms with Gasteiger partial charge in [-0.15, -0.1) is 0 Å². The summed E-state index contributed by atoms with van der Waals surface area (Å²) in [6.07, 6.45) is -7.06. The molecule has 0 bridgehead atoms. The summed E-state index contributed by atoms with van der Waals surface area (Å²) in [5.41, 5.74) is 16.4. The number of aliphatic hydroxyl groups is 2. The Bertz CT molecular complexity index is 2460. The van der Waals surface area contributed by atoms with E-state index in [0.717, 1.165) is 6.92 Å². The number of aliphatic hydroxyl groups excluding tert-OH is 2. The summed E-state index contributed by atoms with van der Waals surface area (Å²) >= 11 is 0. The maximum absolute atomic E-state index is 14.1. The van der Waals surface area contributed by atoms with Gasteiger partial charge in [-0.2, -0.15) is 0 Å². The minimum atomic E-state index is -2.04. The maximum Gasteiger partial charge on any atom is 0.326 e. The Labute approximate surface area is 499 Å². The summed E-state index contributed by atoms with van der Waals surface area (Å²) in [6, 6.07) is -19.5. The number of nitrogens with two attached hydrogens (primary N) is 3. The molecule has 0 aliphatic rings. The third-order valence-electron chi connectivity index (χ3n) is 12.6. The van der Waals surface area contributed by atoms with Gasteiger partial charge in [-0.05, 0) is 69.7 Å². The summed E-state index contributed by atoms with van der Waals surface area (Å²) in [5, 5.41) is 89.8. The fraction of sp³-hybridized carbons (Fsp3) is 0.686. The van der Waals surface area contributed by atoms with Gasteiger partial charge in [0.1, 0.15) is 60.4 Å². The molecule has 0 saturated carbocycles. The molecule has 12 atom stereocenters. The first-order valence-electron chi connectivity index (χ1n) is 27.5. The average Bonchev–Trinajstić information content (AvgIpc) is 3.20. The monoisotopic (exact) mass is 1250 g/mol. The van der Waals surface area contributed by atoms with Gasteiger partial charge in [0, 0.05) is 12.8 Å². The average molecular weight is 1250 g/mol. The molecule has 0 aliphatic heterocycles. The first-order valence-corrected chi connectivity index (χ1v) is 27.5. The molecule has 23 N–H and O–H groups in total. The van der Waals surface area contributed by atoms with Crippen LogP contribution < -0.4 is 70.4 Å². The lowest BCUT2D eigenvalue weighted by molar-refractivity contribution is -0.143. The summed E-state index contributed by atoms with van der Waals surface area (Å²) < 4.78 is 0. The Kier molecular flexibility index (Phi) is 35.2. The van der Waals surface area contributed by atoms with E-state index < -0.39 is 231 Å². The minimum Gasteiger partial charge on any atom is -0.481 e. The number of hydrogen-bond donors (Lipinski definition) is 20. The van der Waals surface area contributed by atoms with Crippen molar-refractivity contribution >= 4 is 94.8 Å². The van der Waals surface area contributed by atoms with E-state index >= 15 is 0 Å². The predicted octanol–water partition coefficient (Wildman–Crippen LogP) is -7.34. The lowest BCUT2D eigenvalue weighted by Crippen LogP contribution is -2.63. The van der Waals surface area contributed by atoms with Crippen molar-refractivity contribution in [2.24, 2.45) is 35.0 Å². The number of unbranched alkanes of at least 4 members (excludes halogenated alkanes) is 1. The molecule has 0 aromatic rings. The van der Waals surface area contributed by atoms with Gasteiger partial charge in [-0.25, -0.2) is 4.79 Å². The highest BCUT2D eigenvalue weighted by Gasteiger charge is 2.39. The quantitative estimate of drug-likeness (QED) is 0.0252. The van der Waals surface area contributed by atoms with E-state index in [1.807, 2.05) is 10.6 Å². The van der Waals surface area contributed by atoms with Crippen LogP contribution in [0, 0.1) is 17.8 Å². The molecule has 36 heteroatoms. The zero-order valence-electron chi connectivity index (χ0n) is 49.2. The normalized spacial score (nSPS) is 15.3. The largest absolute Gasteiger partial charge is 0.481 e. The third-order valence-corrected chi connectivity index (χ3v) is 12.6. The van der Waals surface area contributed by atoms with Gasteiger partial charge in [0.25, 0.3) is 0 Å². The molecule has 0 fully saturated rings. The van der Waals surface area contributed by atoms with E-state index in [2.05, 4.69) is 42.5 Å². The van der Waals surface area contributed by atoms with Crippen molar-refractivity contribution in [3.05, 3.63) is 0 Å². The van der Waals surface area contributed by atoms with Crippen molar-refractivity contribution in [1.82, 2.24) is 53.2 Å². The number of primary amides is 1. The molecule has 0 aromatic heterocycles. The van der Waals surface area contributed by atoms with Gasteiger partial charge in [0.05, 0.1) is 38.0 Å². The summed E-state index contributed by atoms with van der Waals surface area (Å²) in [4.78, 5) is 205. The van der Waals surface area contributed by atoms with Gasteiger partial charge in [0.15, 0.2) is 0 Å². The third kappa shape index (κ3) is 30.3. The van der Waals surface area contributed by atoms with Gasteiger partial charge in [0.2, 0.25) is 65.0 Å². The smallest absolute Gasteiger partial charge is 0.326 e. The zero-order chi connectivity index (χ0) is 67.2. The molecule has 0 unspecified atom stereocenters. The lowest BCUT2D eigenvalue weighted by atomic mass is 9.98. The van der Waals surface area contributed by atoms with Crippen molar-refractivity contribution in [2.75, 3.05) is 13.2 Å². The van der Waals surface area contributed by atoms with Crippen LogP contribution in [0.1, 0.15) is 119 Å². The second kappa shape index (κ2) is 39.1. The maximum atomic E-state index is 14.1. The summed E-state index contributed by atoms with van der Waals surface area (Å²) in [6.45, 7) is 9.10. The lowest BCUT2D eigenvalue weighted by Gasteiger charge is -2.30. The molecule has 36 nitrogen and oxygen atoms in total. The summed E-state index contributed by atoms with van der Waals surface area (Å²) in [5.74, 6) is -23.0. The van der Waals surface area contributed by atoms with Crippen LogP contribution in [0.5, 0.6) is 0 Å². The highest BCUT2D eigenvalue weighted by molar-refractivity contribution is 6.00. The number of rotatable bonds is 43. The van der Waals surface area contributed by atoms with E-state index in [-0.39, 0.29) is 31.7 Å². The fourth-order valence-electron chi connectivity index (χ4n) is 7.89. The zero-order valence-corrected chi connectivity index (χ0v) is 49.2. The molecule has 0 aromatic carbocycles. The molecule has 11 amide bonds. The molecule has 0 spiro atoms. The highest BCUT2D eigenvalue weighted by Crippen LogP contribution is 2.13. The SMILES string of the molecule is CC(C)C[C@H](NC(=O)[C@@H](NC(=O)[C@@H](NC(=O)[C@H](CO)NC(=O)[C@H](CCC(=O)O)NC(=O)[C@H](CC(=O)O)NC(=O)[C@@H](N)CCC(=O)O)[C@@H](C)O)C(C)C)C(=O)N[C@H](C(=O)N[C@@H](CC(=O)O)C(=O)N[C@@H](CC(N)=O)C(=O)N[C@@H](CCCCN)C(=O)O)C(C)C. The van der Waals surface area contributed by atoms with Crippen molar-refractivity contribution in [1.29, 1.82) is 0 Å². The van der Waals surface area contributed by atoms with Crippen LogP contribution in [-0.2, 0) is 76.7 Å². The number of nitrogens with one attached hydrogen (secondary N) is 10. The van der Waals surface area contributed by atoms with Crippen LogP contribution in [0.4, 0.5) is 0 Å². The Morgan fingerprint density at radius 1 is 0.391 bits per heavy atom. The molecule has 0 radical (unpaired) electrons. The van der Waals surface area contributed by atoms with Gasteiger partial charge in [-0.3, -0.25) is 71.9 Å². The summed E-state index contributed by atoms with van der Waals surface area (Å²) in [7, 11) is 0. The number of aliphatic carboxylic acids is 5. The standard InChI is InChI=1S/C51H85N13O23/c1-21(2)16-28(46(81)62-38(22(3)4)48(83)60-31(19-37(74)75)45(80)58-29(17-33(54)67)43(78)56-27(51(86)87)10-8-9-15-52)59-49(84)39(23(5)6)63-50(85)40(24(7)66)64-47(82)32(20-65)61-42(77)26(12-14-35(70)71)55-44(79)30(18-36(72)73)57-41(76)25(53)11-13-34(68)69/h21-32,38-40,65-66H,8-20,52-53H2,1-7H3,(H2,54,67)(H,55,79)(H,56,78)(H,57,76)(H,58,80)(H,59,84)(H,60,83)(H,61,77)(H,62,81)(H,63,85)(H,64,82)(H,68,69)(H,70,71)(H,72,73)(H,74,75)(H,86,87)/t24-,25+,26+,27+,28+,29+,30+,31+,32+,38+,39+,40+/m1/s1. The van der Waals surface area contributed by atoms with Crippen LogP contribution in [0.2, 0.25) is 0 Å². The Morgan fingerprint density at radius 3 is 1.16 bits per heavy atom. The van der Waals surface area contributed by atoms with Crippen LogP contribution >= 0.6 is 0 Å². The molecular formula is C51H85N13O23. The second-order valence-electron chi connectivity index (χ2n) is 21.4. The van der Waals surface area contributed by atoms with E-state index in [0.29, 0.717) is 6.42 Å². The molecule has 0 aliphatic carbocycles. The fourth-order valence-corrected chi connectivity index (χ4v) is 7.89. The van der Waals surface area contributed by atoms with E-state index in [1.165, 1.54) is 27.7 Å². The Hall–Kier alpha value is -8.64. The van der Waals surface area contributed by atoms with Crippen molar-refractivity contribution in [2.45, 2.75) is 192 Å². The van der Waals surface area contributed by atoms with E-state index in [9.17, 15) is 107 Å². The van der Waals surface area contributed by atoms with Crippen LogP contribution in [0.25, 0.3) is 0 Å². The first-order chi connectivity index (χ1) is 40.4. The Morgan fingerprint density at radius 2 is 0.747 bits per heavy atom. The number of amides is 11. The van der Waals surface area contributed by atoms with Gasteiger partial charge >= 0.3 is 29.8 Å². The predicted molar refractivity (Wildman–Crippen MR) is 298 cm³/mol. The van der Waals surface area contributed by atoms with Crippen molar-refractivity contribution in [3.63, 3.8) is 0 Å². The Balaban J connectivity index is 6.59. The van der Waals surface area contributed by atoms with Crippen LogP contribution in [-0.4, -0.2) is 216 Å². The molecular weight excluding hydrogens is 1160 g/mol. The second-order valence-corrected chi connectivity index (χ2v) is 21.4. The molecule has 87 heavy (non-hydrogen) atoms. The van der Waals surface area contributed by atoms with Crippen molar-refractivity contribution < 1.29 is 112 Å². The van der Waals surface area contributed by atoms with Crippen molar-refractivity contribution in [3.8, 4) is 0 Å².